The zero-order valence-corrected chi connectivity index (χ0v) is 33.1. The molecule has 1 aromatic rings. The van der Waals surface area contributed by atoms with Gasteiger partial charge in [-0.25, -0.2) is 0 Å². The molecule has 318 valence electrons. The summed E-state index contributed by atoms with van der Waals surface area (Å²) in [6.07, 6.45) is -2.58. The summed E-state index contributed by atoms with van der Waals surface area (Å²) in [5.41, 5.74) is 11.1. The number of imide groups is 1. The van der Waals surface area contributed by atoms with Gasteiger partial charge in [-0.15, -0.1) is 0 Å². The number of thiol groups is 1. The molecule has 0 spiro atoms. The molecule has 0 radical (unpaired) electrons. The van der Waals surface area contributed by atoms with Gasteiger partial charge in [-0.1, -0.05) is 37.6 Å². The van der Waals surface area contributed by atoms with Gasteiger partial charge in [-0.3, -0.25) is 57.8 Å². The minimum Gasteiger partial charge on any atom is -0.481 e. The fraction of sp³-hybridized carbons (Fsp3) is 0.500. The molecular formula is C34H47ClN10O12S. The maximum atomic E-state index is 14.0. The second-order valence-corrected chi connectivity index (χ2v) is 14.1. The number of hydrogen-bond donors (Lipinski definition) is 11. The molecule has 8 amide bonds. The summed E-state index contributed by atoms with van der Waals surface area (Å²) in [4.78, 5) is 135. The van der Waals surface area contributed by atoms with E-state index in [-0.39, 0.29) is 25.3 Å². The molecule has 1 heterocycles. The Hall–Kier alpha value is -5.97. The summed E-state index contributed by atoms with van der Waals surface area (Å²) in [5, 5.41) is 32.8. The van der Waals surface area contributed by atoms with Crippen LogP contribution in [0, 0.1) is 5.92 Å². The molecule has 0 bridgehead atoms. The van der Waals surface area contributed by atoms with Gasteiger partial charge in [-0.2, -0.15) is 12.6 Å². The molecular weight excluding hydrogens is 808 g/mol. The van der Waals surface area contributed by atoms with Crippen LogP contribution < -0.4 is 43.4 Å². The third-order valence-electron chi connectivity index (χ3n) is 8.24. The van der Waals surface area contributed by atoms with Crippen molar-refractivity contribution in [3.05, 3.63) is 34.9 Å². The predicted octanol–water partition coefficient (Wildman–Crippen LogP) is -3.62. The number of carbonyl (C=O) groups excluding carboxylic acids is 8. The smallest absolute Gasteiger partial charge is 0.305 e. The Morgan fingerprint density at radius 3 is 1.91 bits per heavy atom. The lowest BCUT2D eigenvalue weighted by molar-refractivity contribution is -0.150. The van der Waals surface area contributed by atoms with Gasteiger partial charge < -0.3 is 53.6 Å². The predicted molar refractivity (Wildman–Crippen MR) is 208 cm³/mol. The Morgan fingerprint density at radius 1 is 0.810 bits per heavy atom. The Bertz CT molecular complexity index is 1760. The summed E-state index contributed by atoms with van der Waals surface area (Å²) in [6.45, 7) is 1.12. The largest absolute Gasteiger partial charge is 0.481 e. The van der Waals surface area contributed by atoms with Crippen molar-refractivity contribution in [1.29, 1.82) is 0 Å². The van der Waals surface area contributed by atoms with E-state index in [9.17, 15) is 58.2 Å². The number of guanidine groups is 1. The van der Waals surface area contributed by atoms with Crippen LogP contribution in [0.5, 0.6) is 0 Å². The number of carboxylic acids is 2. The van der Waals surface area contributed by atoms with Crippen LogP contribution >= 0.6 is 24.2 Å². The zero-order valence-electron chi connectivity index (χ0n) is 31.5. The number of nitrogens with zero attached hydrogens (tertiary/aromatic N) is 2. The SMILES string of the molecule is CC(C)[C@@H]1NC(=O)[C@H](CC(=O)O)NC(=O)[C@H](CC(=O)O)NC(=O)CNC(=O)[C@H](CCCN=C(N)N)NC(=O)CN(C(=O)Cc2ccc(Cl)cc2)C(=O)[C@H](CS)NC1=O. The number of amides is 8. The highest BCUT2D eigenvalue weighted by Crippen LogP contribution is 2.13. The van der Waals surface area contributed by atoms with Crippen molar-refractivity contribution in [3.8, 4) is 0 Å². The summed E-state index contributed by atoms with van der Waals surface area (Å²) < 4.78 is 0. The summed E-state index contributed by atoms with van der Waals surface area (Å²) >= 11 is 10.1. The van der Waals surface area contributed by atoms with Crippen molar-refractivity contribution in [3.63, 3.8) is 0 Å². The van der Waals surface area contributed by atoms with Crippen LogP contribution in [0.3, 0.4) is 0 Å². The molecule has 2 rings (SSSR count). The number of rotatable bonds is 12. The first-order chi connectivity index (χ1) is 27.2. The first kappa shape index (κ1) is 48.2. The van der Waals surface area contributed by atoms with Gasteiger partial charge in [0.1, 0.15) is 36.8 Å². The van der Waals surface area contributed by atoms with E-state index in [1.54, 1.807) is 0 Å². The van der Waals surface area contributed by atoms with Crippen LogP contribution in [-0.4, -0.2) is 136 Å². The average Bonchev–Trinajstić information content (AvgIpc) is 3.14. The van der Waals surface area contributed by atoms with Crippen LogP contribution in [0.1, 0.15) is 45.1 Å². The monoisotopic (exact) mass is 854 g/mol. The van der Waals surface area contributed by atoms with E-state index in [2.05, 4.69) is 49.5 Å². The van der Waals surface area contributed by atoms with Gasteiger partial charge in [0.15, 0.2) is 5.96 Å². The van der Waals surface area contributed by atoms with Crippen molar-refractivity contribution >= 4 is 89.4 Å². The minimum absolute atomic E-state index is 0.000432. The molecule has 1 saturated heterocycles. The number of benzene rings is 1. The fourth-order valence-corrected chi connectivity index (χ4v) is 5.69. The van der Waals surface area contributed by atoms with Crippen LogP contribution in [0.4, 0.5) is 0 Å². The standard InChI is InChI=1S/C34H47ClN10O12S/c1-16(2)28-32(56)43-22(15-58)33(57)45(25(48)10-17-5-7-18(35)8-6-17)14-24(47)40-19(4-3-9-38-34(36)37)29(53)39-13-23(46)41-20(11-26(49)50)30(54)42-21(12-27(51)52)31(55)44-28/h5-8,16,19-22,28,58H,3-4,9-15H2,1-2H3,(H,39,53)(H,40,47)(H,41,46)(H,42,54)(H,43,56)(H,44,55)(H,49,50)(H,51,52)(H4,36,37,38)/t19-,20-,21-,22-,28-/m0/s1. The molecule has 12 N–H and O–H groups in total. The summed E-state index contributed by atoms with van der Waals surface area (Å²) in [7, 11) is 0. The zero-order chi connectivity index (χ0) is 43.7. The van der Waals surface area contributed by atoms with Gasteiger partial charge in [0.2, 0.25) is 41.4 Å². The summed E-state index contributed by atoms with van der Waals surface area (Å²) in [5.74, 6) is -13.3. The first-order valence-electron chi connectivity index (χ1n) is 17.7. The number of halogens is 1. The molecule has 1 aliphatic rings. The van der Waals surface area contributed by atoms with E-state index >= 15 is 0 Å². The topological polar surface area (TPSA) is 351 Å². The number of carbonyl (C=O) groups is 10. The molecule has 22 nitrogen and oxygen atoms in total. The van der Waals surface area contributed by atoms with Gasteiger partial charge in [-0.05, 0) is 36.5 Å². The van der Waals surface area contributed by atoms with Gasteiger partial charge >= 0.3 is 11.9 Å². The molecule has 0 aromatic heterocycles. The maximum Gasteiger partial charge on any atom is 0.305 e. The summed E-state index contributed by atoms with van der Waals surface area (Å²) in [6, 6.07) is -2.36. The van der Waals surface area contributed by atoms with E-state index in [1.165, 1.54) is 38.1 Å². The normalized spacial score (nSPS) is 21.9. The third-order valence-corrected chi connectivity index (χ3v) is 8.86. The van der Waals surface area contributed by atoms with Crippen molar-refractivity contribution in [1.82, 2.24) is 36.8 Å². The molecule has 5 atom stereocenters. The third kappa shape index (κ3) is 16.3. The van der Waals surface area contributed by atoms with E-state index in [4.69, 9.17) is 23.1 Å². The van der Waals surface area contributed by atoms with Gasteiger partial charge in [0.25, 0.3) is 5.91 Å². The molecule has 0 aliphatic carbocycles. The Balaban J connectivity index is 2.65. The Kier molecular flexibility index (Phi) is 19.4. The second-order valence-electron chi connectivity index (χ2n) is 13.3. The van der Waals surface area contributed by atoms with Gasteiger partial charge in [0, 0.05) is 17.3 Å². The molecule has 1 fully saturated rings. The van der Waals surface area contributed by atoms with E-state index in [0.29, 0.717) is 15.5 Å². The van der Waals surface area contributed by atoms with Crippen molar-refractivity contribution in [2.45, 2.75) is 76.2 Å². The van der Waals surface area contributed by atoms with Crippen LogP contribution in [0.15, 0.2) is 29.3 Å². The number of carboxylic acid groups (broad SMARTS) is 2. The van der Waals surface area contributed by atoms with Crippen LogP contribution in [0.25, 0.3) is 0 Å². The molecule has 24 heteroatoms. The van der Waals surface area contributed by atoms with Gasteiger partial charge in [0.05, 0.1) is 25.8 Å². The average molecular weight is 855 g/mol. The van der Waals surface area contributed by atoms with Crippen LogP contribution in [-0.2, 0) is 54.4 Å². The maximum absolute atomic E-state index is 14.0. The second kappa shape index (κ2) is 23.3. The lowest BCUT2D eigenvalue weighted by atomic mass is 10.0. The highest BCUT2D eigenvalue weighted by molar-refractivity contribution is 7.80. The van der Waals surface area contributed by atoms with Crippen molar-refractivity contribution in [2.24, 2.45) is 22.4 Å². The first-order valence-corrected chi connectivity index (χ1v) is 18.7. The number of nitrogens with two attached hydrogens (primary N) is 2. The molecule has 1 aromatic carbocycles. The van der Waals surface area contributed by atoms with E-state index in [1.807, 2.05) is 0 Å². The Morgan fingerprint density at radius 2 is 1.36 bits per heavy atom. The number of hydrogen-bond acceptors (Lipinski definition) is 12. The molecule has 0 unspecified atom stereocenters. The minimum atomic E-state index is -1.92. The molecule has 58 heavy (non-hydrogen) atoms. The number of aliphatic imine (C=N–C) groups is 1. The lowest BCUT2D eigenvalue weighted by Crippen LogP contribution is -2.61. The number of aliphatic carboxylic acids is 2. The molecule has 1 aliphatic heterocycles. The van der Waals surface area contributed by atoms with E-state index in [0.717, 1.165) is 0 Å². The Labute approximate surface area is 342 Å². The van der Waals surface area contributed by atoms with Crippen molar-refractivity contribution in [2.75, 3.05) is 25.4 Å². The molecule has 0 saturated carbocycles. The highest BCUT2D eigenvalue weighted by atomic mass is 35.5. The van der Waals surface area contributed by atoms with Crippen molar-refractivity contribution < 1.29 is 58.2 Å². The highest BCUT2D eigenvalue weighted by Gasteiger charge is 2.37. The number of nitrogens with one attached hydrogen (secondary N) is 6. The van der Waals surface area contributed by atoms with E-state index < -0.39 is 133 Å². The fourth-order valence-electron chi connectivity index (χ4n) is 5.32. The lowest BCUT2D eigenvalue weighted by Gasteiger charge is -2.29. The quantitative estimate of drug-likeness (QED) is 0.0419. The van der Waals surface area contributed by atoms with Crippen LogP contribution in [0.2, 0.25) is 5.02 Å².